The third-order valence-corrected chi connectivity index (χ3v) is 6.92. The molecule has 6 nitrogen and oxygen atoms in total. The van der Waals surface area contributed by atoms with E-state index in [2.05, 4.69) is 5.16 Å². The van der Waals surface area contributed by atoms with E-state index in [-0.39, 0.29) is 23.0 Å². The first kappa shape index (κ1) is 17.5. The predicted molar refractivity (Wildman–Crippen MR) is 99.9 cm³/mol. The molecular weight excluding hydrogens is 364 g/mol. The summed E-state index contributed by atoms with van der Waals surface area (Å²) in [6.07, 6.45) is 0.409. The summed E-state index contributed by atoms with van der Waals surface area (Å²) in [6, 6.07) is 19.3. The quantitative estimate of drug-likeness (QED) is 0.693. The van der Waals surface area contributed by atoms with E-state index in [1.807, 2.05) is 30.3 Å². The van der Waals surface area contributed by atoms with Crippen LogP contribution in [0.3, 0.4) is 0 Å². The predicted octanol–water partition coefficient (Wildman–Crippen LogP) is 3.03. The number of rotatable bonds is 4. The minimum absolute atomic E-state index is 0.156. The molecule has 27 heavy (non-hydrogen) atoms. The maximum atomic E-state index is 12.8. The van der Waals surface area contributed by atoms with Gasteiger partial charge in [0.05, 0.1) is 10.1 Å². The van der Waals surface area contributed by atoms with Gasteiger partial charge in [-0.2, -0.15) is 0 Å². The van der Waals surface area contributed by atoms with Crippen molar-refractivity contribution in [1.82, 2.24) is 10.1 Å². The number of hydrogen-bond acceptors (Lipinski definition) is 5. The van der Waals surface area contributed by atoms with E-state index in [0.29, 0.717) is 18.7 Å². The molecule has 0 radical (unpaired) electrons. The zero-order valence-electron chi connectivity index (χ0n) is 14.5. The lowest BCUT2D eigenvalue weighted by Gasteiger charge is -2.15. The lowest BCUT2D eigenvalue weighted by atomic mass is 10.1. The molecular formula is C20H18N2O4S. The molecule has 1 aromatic heterocycles. The number of benzene rings is 2. The molecule has 2 aromatic carbocycles. The second-order valence-electron chi connectivity index (χ2n) is 6.46. The molecule has 1 aliphatic heterocycles. The van der Waals surface area contributed by atoms with Gasteiger partial charge < -0.3 is 9.42 Å². The zero-order valence-corrected chi connectivity index (χ0v) is 15.3. The highest BCUT2D eigenvalue weighted by molar-refractivity contribution is 7.92. The fourth-order valence-electron chi connectivity index (χ4n) is 3.25. The summed E-state index contributed by atoms with van der Waals surface area (Å²) in [4.78, 5) is 14.5. The van der Waals surface area contributed by atoms with Crippen LogP contribution in [-0.4, -0.2) is 42.7 Å². The number of hydrogen-bond donors (Lipinski definition) is 0. The van der Waals surface area contributed by atoms with Crippen molar-refractivity contribution in [3.8, 4) is 11.3 Å². The lowest BCUT2D eigenvalue weighted by Crippen LogP contribution is -2.32. The number of aromatic nitrogens is 1. The molecule has 0 spiro atoms. The standard InChI is InChI=1S/C20H18N2O4S/c23-20(18-13-19(26-21-18)15-7-3-1-4-8-15)22-12-11-17(14-22)27(24,25)16-9-5-2-6-10-16/h1-10,13,17H,11-12,14H2/t17-/m0/s1. The minimum Gasteiger partial charge on any atom is -0.355 e. The van der Waals surface area contributed by atoms with E-state index >= 15 is 0 Å². The molecule has 4 rings (SSSR count). The molecule has 1 aliphatic rings. The van der Waals surface area contributed by atoms with Gasteiger partial charge in [0.25, 0.3) is 5.91 Å². The first-order chi connectivity index (χ1) is 13.1. The topological polar surface area (TPSA) is 80.5 Å². The molecule has 0 unspecified atom stereocenters. The van der Waals surface area contributed by atoms with Gasteiger partial charge in [-0.1, -0.05) is 53.7 Å². The van der Waals surface area contributed by atoms with Gasteiger partial charge in [0.2, 0.25) is 0 Å². The molecule has 1 atom stereocenters. The summed E-state index contributed by atoms with van der Waals surface area (Å²) in [5, 5.41) is 3.26. The van der Waals surface area contributed by atoms with E-state index in [9.17, 15) is 13.2 Å². The Hall–Kier alpha value is -2.93. The van der Waals surface area contributed by atoms with Crippen molar-refractivity contribution in [3.63, 3.8) is 0 Å². The fraction of sp³-hybridized carbons (Fsp3) is 0.200. The molecule has 1 saturated heterocycles. The van der Waals surface area contributed by atoms with Gasteiger partial charge >= 0.3 is 0 Å². The Labute approximate surface area is 157 Å². The SMILES string of the molecule is O=C(c1cc(-c2ccccc2)on1)N1CC[C@H](S(=O)(=O)c2ccccc2)C1. The van der Waals surface area contributed by atoms with Crippen LogP contribution in [0.5, 0.6) is 0 Å². The van der Waals surface area contributed by atoms with Crippen LogP contribution in [0.25, 0.3) is 11.3 Å². The summed E-state index contributed by atoms with van der Waals surface area (Å²) < 4.78 is 30.8. The number of carbonyl (C=O) groups is 1. The van der Waals surface area contributed by atoms with Crippen LogP contribution in [0.2, 0.25) is 0 Å². The van der Waals surface area contributed by atoms with Crippen LogP contribution in [0.15, 0.2) is 76.1 Å². The van der Waals surface area contributed by atoms with Crippen molar-refractivity contribution in [1.29, 1.82) is 0 Å². The maximum Gasteiger partial charge on any atom is 0.276 e. The van der Waals surface area contributed by atoms with Gasteiger partial charge in [0.1, 0.15) is 0 Å². The van der Waals surface area contributed by atoms with Gasteiger partial charge in [0, 0.05) is 24.7 Å². The second kappa shape index (κ2) is 7.00. The summed E-state index contributed by atoms with van der Waals surface area (Å²) >= 11 is 0. The number of carbonyl (C=O) groups excluding carboxylic acids is 1. The number of likely N-dealkylation sites (tertiary alicyclic amines) is 1. The Morgan fingerprint density at radius 1 is 1.04 bits per heavy atom. The van der Waals surface area contributed by atoms with Crippen LogP contribution in [0.4, 0.5) is 0 Å². The number of amides is 1. The highest BCUT2D eigenvalue weighted by Gasteiger charge is 2.37. The number of nitrogens with zero attached hydrogens (tertiary/aromatic N) is 2. The highest BCUT2D eigenvalue weighted by Crippen LogP contribution is 2.26. The summed E-state index contributed by atoms with van der Waals surface area (Å²) in [5.41, 5.74) is 1.02. The van der Waals surface area contributed by atoms with E-state index in [1.54, 1.807) is 36.4 Å². The van der Waals surface area contributed by atoms with E-state index in [0.717, 1.165) is 5.56 Å². The van der Waals surface area contributed by atoms with E-state index in [4.69, 9.17) is 4.52 Å². The Balaban J connectivity index is 1.50. The Morgan fingerprint density at radius 3 is 2.41 bits per heavy atom. The number of sulfone groups is 1. The van der Waals surface area contributed by atoms with Crippen LogP contribution in [0, 0.1) is 0 Å². The third-order valence-electron chi connectivity index (χ3n) is 4.73. The van der Waals surface area contributed by atoms with Crippen molar-refractivity contribution in [3.05, 3.63) is 72.4 Å². The molecule has 3 aromatic rings. The van der Waals surface area contributed by atoms with Crippen molar-refractivity contribution >= 4 is 15.7 Å². The monoisotopic (exact) mass is 382 g/mol. The summed E-state index contributed by atoms with van der Waals surface area (Å²) in [5.74, 6) is 0.193. The summed E-state index contributed by atoms with van der Waals surface area (Å²) in [6.45, 7) is 0.534. The average molecular weight is 382 g/mol. The lowest BCUT2D eigenvalue weighted by molar-refractivity contribution is 0.0783. The maximum absolute atomic E-state index is 12.8. The van der Waals surface area contributed by atoms with E-state index < -0.39 is 15.1 Å². The first-order valence-electron chi connectivity index (χ1n) is 8.66. The average Bonchev–Trinajstić information content (AvgIpc) is 3.39. The molecule has 0 aliphatic carbocycles. The zero-order chi connectivity index (χ0) is 18.9. The molecule has 2 heterocycles. The molecule has 1 amide bonds. The van der Waals surface area contributed by atoms with Crippen LogP contribution >= 0.6 is 0 Å². The molecule has 0 saturated carbocycles. The molecule has 0 N–H and O–H groups in total. The Kier molecular flexibility index (Phi) is 4.53. The summed E-state index contributed by atoms with van der Waals surface area (Å²) in [7, 11) is -3.46. The Morgan fingerprint density at radius 2 is 1.70 bits per heavy atom. The van der Waals surface area contributed by atoms with Crippen molar-refractivity contribution in [2.75, 3.05) is 13.1 Å². The normalized spacial score (nSPS) is 17.2. The van der Waals surface area contributed by atoms with Crippen LogP contribution in [-0.2, 0) is 9.84 Å². The van der Waals surface area contributed by atoms with Crippen molar-refractivity contribution in [2.45, 2.75) is 16.6 Å². The molecule has 7 heteroatoms. The largest absolute Gasteiger partial charge is 0.355 e. The van der Waals surface area contributed by atoms with Crippen LogP contribution < -0.4 is 0 Å². The van der Waals surface area contributed by atoms with Crippen molar-refractivity contribution in [2.24, 2.45) is 0 Å². The molecule has 1 fully saturated rings. The molecule has 138 valence electrons. The highest BCUT2D eigenvalue weighted by atomic mass is 32.2. The first-order valence-corrected chi connectivity index (χ1v) is 10.2. The van der Waals surface area contributed by atoms with Gasteiger partial charge in [-0.3, -0.25) is 4.79 Å². The smallest absolute Gasteiger partial charge is 0.276 e. The minimum atomic E-state index is -3.46. The van der Waals surface area contributed by atoms with Gasteiger partial charge in [0.15, 0.2) is 21.3 Å². The fourth-order valence-corrected chi connectivity index (χ4v) is 4.96. The van der Waals surface area contributed by atoms with Crippen LogP contribution in [0.1, 0.15) is 16.9 Å². The van der Waals surface area contributed by atoms with Gasteiger partial charge in [-0.05, 0) is 18.6 Å². The third kappa shape index (κ3) is 3.38. The van der Waals surface area contributed by atoms with Crippen molar-refractivity contribution < 1.29 is 17.7 Å². The Bertz CT molecular complexity index is 1050. The van der Waals surface area contributed by atoms with Gasteiger partial charge in [-0.25, -0.2) is 8.42 Å². The van der Waals surface area contributed by atoms with Gasteiger partial charge in [-0.15, -0.1) is 0 Å². The molecule has 0 bridgehead atoms. The second-order valence-corrected chi connectivity index (χ2v) is 8.69. The van der Waals surface area contributed by atoms with E-state index in [1.165, 1.54) is 4.90 Å².